The lowest BCUT2D eigenvalue weighted by Crippen LogP contribution is -2.25. The number of nitrogens with zero attached hydrogens (tertiary/aromatic N) is 2. The minimum absolute atomic E-state index is 0.0758. The lowest BCUT2D eigenvalue weighted by molar-refractivity contribution is -0.113. The molecule has 0 aliphatic carbocycles. The van der Waals surface area contributed by atoms with E-state index in [4.69, 9.17) is 19.2 Å². The van der Waals surface area contributed by atoms with Crippen LogP contribution in [-0.2, 0) is 11.3 Å². The first kappa shape index (κ1) is 22.8. The van der Waals surface area contributed by atoms with E-state index in [2.05, 4.69) is 5.32 Å². The second kappa shape index (κ2) is 10.1. The number of amides is 1. The van der Waals surface area contributed by atoms with Gasteiger partial charge in [0, 0.05) is 0 Å². The van der Waals surface area contributed by atoms with E-state index < -0.39 is 0 Å². The number of hydrogen-bond donors (Lipinski definition) is 1. The van der Waals surface area contributed by atoms with E-state index in [-0.39, 0.29) is 30.6 Å². The maximum atomic E-state index is 13.4. The highest BCUT2D eigenvalue weighted by Crippen LogP contribution is 2.33. The van der Waals surface area contributed by atoms with Gasteiger partial charge in [0.05, 0.1) is 35.5 Å². The third-order valence-corrected chi connectivity index (χ3v) is 6.37. The van der Waals surface area contributed by atoms with Crippen molar-refractivity contribution in [2.45, 2.75) is 18.6 Å². The summed E-state index contributed by atoms with van der Waals surface area (Å²) < 4.78 is 18.0. The maximum absolute atomic E-state index is 13.4. The topological polar surface area (TPSA) is 91.7 Å². The Balaban J connectivity index is 1.41. The molecule has 0 spiro atoms. The summed E-state index contributed by atoms with van der Waals surface area (Å²) in [6, 6.07) is 20.1. The van der Waals surface area contributed by atoms with Crippen LogP contribution in [0, 0.1) is 0 Å². The van der Waals surface area contributed by atoms with Gasteiger partial charge < -0.3 is 19.5 Å². The summed E-state index contributed by atoms with van der Waals surface area (Å²) in [5.74, 6) is 1.78. The highest BCUT2D eigenvalue weighted by molar-refractivity contribution is 7.99. The zero-order valence-electron chi connectivity index (χ0n) is 19.0. The molecule has 178 valence electrons. The van der Waals surface area contributed by atoms with Crippen molar-refractivity contribution in [1.29, 1.82) is 0 Å². The third-order valence-electron chi connectivity index (χ3n) is 5.40. The average molecular weight is 490 g/mol. The number of anilines is 1. The Labute approximate surface area is 205 Å². The van der Waals surface area contributed by atoms with Gasteiger partial charge in [-0.2, -0.15) is 0 Å². The molecule has 1 aliphatic rings. The van der Waals surface area contributed by atoms with Gasteiger partial charge >= 0.3 is 0 Å². The monoisotopic (exact) mass is 489 g/mol. The molecule has 1 N–H and O–H groups in total. The SMILES string of the molecule is CCOc1ccccc1NC(=O)CSc1nc2ccccc2c(=O)n1Cc1ccc2c(c1)OCO2. The molecule has 0 atom stereocenters. The number of para-hydroxylation sites is 3. The van der Waals surface area contributed by atoms with Crippen LogP contribution >= 0.6 is 11.8 Å². The van der Waals surface area contributed by atoms with Gasteiger partial charge in [-0.25, -0.2) is 4.98 Å². The summed E-state index contributed by atoms with van der Waals surface area (Å²) in [4.78, 5) is 30.8. The molecule has 0 bridgehead atoms. The summed E-state index contributed by atoms with van der Waals surface area (Å²) in [5, 5.41) is 3.86. The molecule has 0 saturated heterocycles. The molecule has 0 radical (unpaired) electrons. The van der Waals surface area contributed by atoms with Crippen molar-refractivity contribution >= 4 is 34.3 Å². The van der Waals surface area contributed by atoms with Gasteiger partial charge in [0.25, 0.3) is 5.56 Å². The maximum Gasteiger partial charge on any atom is 0.262 e. The van der Waals surface area contributed by atoms with Crippen molar-refractivity contribution in [2.75, 3.05) is 24.5 Å². The van der Waals surface area contributed by atoms with Crippen LogP contribution in [-0.4, -0.2) is 34.6 Å². The van der Waals surface area contributed by atoms with E-state index in [0.29, 0.717) is 45.6 Å². The molecule has 0 saturated carbocycles. The Bertz CT molecular complexity index is 1450. The molecule has 1 aliphatic heterocycles. The molecule has 1 amide bonds. The summed E-state index contributed by atoms with van der Waals surface area (Å²) in [5.41, 5.74) is 1.89. The highest BCUT2D eigenvalue weighted by Gasteiger charge is 2.17. The molecule has 0 fully saturated rings. The largest absolute Gasteiger partial charge is 0.492 e. The van der Waals surface area contributed by atoms with Crippen LogP contribution in [0.1, 0.15) is 12.5 Å². The zero-order valence-corrected chi connectivity index (χ0v) is 19.8. The van der Waals surface area contributed by atoms with Crippen LogP contribution in [0.4, 0.5) is 5.69 Å². The van der Waals surface area contributed by atoms with Crippen LogP contribution < -0.4 is 25.1 Å². The van der Waals surface area contributed by atoms with E-state index >= 15 is 0 Å². The van der Waals surface area contributed by atoms with Gasteiger partial charge in [0.15, 0.2) is 16.7 Å². The fourth-order valence-electron chi connectivity index (χ4n) is 3.79. The fraction of sp³-hybridized carbons (Fsp3) is 0.192. The zero-order chi connectivity index (χ0) is 24.2. The van der Waals surface area contributed by atoms with E-state index in [9.17, 15) is 9.59 Å². The molecular formula is C26H23N3O5S. The number of hydrogen-bond acceptors (Lipinski definition) is 7. The number of thioether (sulfide) groups is 1. The minimum atomic E-state index is -0.223. The van der Waals surface area contributed by atoms with E-state index in [1.165, 1.54) is 11.8 Å². The smallest absolute Gasteiger partial charge is 0.262 e. The van der Waals surface area contributed by atoms with Crippen molar-refractivity contribution in [3.8, 4) is 17.2 Å². The lowest BCUT2D eigenvalue weighted by Gasteiger charge is -2.14. The van der Waals surface area contributed by atoms with Gasteiger partial charge in [0.2, 0.25) is 12.7 Å². The number of aromatic nitrogens is 2. The third kappa shape index (κ3) is 4.95. The molecule has 9 heteroatoms. The van der Waals surface area contributed by atoms with Crippen LogP contribution in [0.2, 0.25) is 0 Å². The first-order chi connectivity index (χ1) is 17.1. The van der Waals surface area contributed by atoms with E-state index in [0.717, 1.165) is 5.56 Å². The van der Waals surface area contributed by atoms with Crippen molar-refractivity contribution in [2.24, 2.45) is 0 Å². The minimum Gasteiger partial charge on any atom is -0.492 e. The highest BCUT2D eigenvalue weighted by atomic mass is 32.2. The number of benzene rings is 3. The average Bonchev–Trinajstić information content (AvgIpc) is 3.34. The second-order valence-corrected chi connectivity index (χ2v) is 8.70. The quantitative estimate of drug-likeness (QED) is 0.291. The number of nitrogens with one attached hydrogen (secondary N) is 1. The van der Waals surface area contributed by atoms with Crippen molar-refractivity contribution in [1.82, 2.24) is 9.55 Å². The lowest BCUT2D eigenvalue weighted by atomic mass is 10.2. The van der Waals surface area contributed by atoms with Gasteiger partial charge in [-0.15, -0.1) is 0 Å². The molecule has 2 heterocycles. The second-order valence-electron chi connectivity index (χ2n) is 7.76. The number of fused-ring (bicyclic) bond motifs is 2. The summed E-state index contributed by atoms with van der Waals surface area (Å²) in [7, 11) is 0. The summed E-state index contributed by atoms with van der Waals surface area (Å²) in [6.45, 7) is 2.84. The molecule has 0 unspecified atom stereocenters. The molecule has 1 aromatic heterocycles. The van der Waals surface area contributed by atoms with Gasteiger partial charge in [0.1, 0.15) is 5.75 Å². The van der Waals surface area contributed by atoms with Gasteiger partial charge in [-0.3, -0.25) is 14.2 Å². The van der Waals surface area contributed by atoms with Gasteiger partial charge in [-0.1, -0.05) is 42.1 Å². The Morgan fingerprint density at radius 1 is 1.09 bits per heavy atom. The first-order valence-electron chi connectivity index (χ1n) is 11.1. The van der Waals surface area contributed by atoms with Crippen molar-refractivity contribution in [3.05, 3.63) is 82.6 Å². The summed E-state index contributed by atoms with van der Waals surface area (Å²) in [6.07, 6.45) is 0. The van der Waals surface area contributed by atoms with Crippen molar-refractivity contribution in [3.63, 3.8) is 0 Å². The number of rotatable bonds is 8. The Morgan fingerprint density at radius 2 is 1.89 bits per heavy atom. The molecule has 8 nitrogen and oxygen atoms in total. The molecule has 5 rings (SSSR count). The fourth-order valence-corrected chi connectivity index (χ4v) is 4.59. The number of carbonyl (C=O) groups excluding carboxylic acids is 1. The van der Waals surface area contributed by atoms with E-state index in [1.54, 1.807) is 28.8 Å². The number of ether oxygens (including phenoxy) is 3. The molecule has 4 aromatic rings. The molecule has 35 heavy (non-hydrogen) atoms. The Hall–Kier alpha value is -3.98. The Kier molecular flexibility index (Phi) is 6.58. The van der Waals surface area contributed by atoms with Crippen molar-refractivity contribution < 1.29 is 19.0 Å². The standard InChI is InChI=1S/C26H23N3O5S/c1-2-32-21-10-6-5-9-20(21)27-24(30)15-35-26-28-19-8-4-3-7-18(19)25(31)29(26)14-17-11-12-22-23(13-17)34-16-33-22/h3-13H,2,14-16H2,1H3,(H,27,30). The Morgan fingerprint density at radius 3 is 2.77 bits per heavy atom. The predicted molar refractivity (Wildman–Crippen MR) is 135 cm³/mol. The molecular weight excluding hydrogens is 466 g/mol. The first-order valence-corrected chi connectivity index (χ1v) is 12.1. The van der Waals surface area contributed by atoms with Crippen LogP contribution in [0.15, 0.2) is 76.7 Å². The van der Waals surface area contributed by atoms with E-state index in [1.807, 2.05) is 49.4 Å². The van der Waals surface area contributed by atoms with Gasteiger partial charge in [-0.05, 0) is 48.9 Å². The summed E-state index contributed by atoms with van der Waals surface area (Å²) >= 11 is 1.21. The normalized spacial score (nSPS) is 12.0. The predicted octanol–water partition coefficient (Wildman–Crippen LogP) is 4.30. The van der Waals surface area contributed by atoms with Crippen LogP contribution in [0.5, 0.6) is 17.2 Å². The molecule has 3 aromatic carbocycles. The van der Waals surface area contributed by atoms with Crippen LogP contribution in [0.3, 0.4) is 0 Å². The van der Waals surface area contributed by atoms with Crippen LogP contribution in [0.25, 0.3) is 10.9 Å². The number of carbonyl (C=O) groups is 1.